The zero-order chi connectivity index (χ0) is 23.4. The highest BCUT2D eigenvalue weighted by atomic mass is 16.5. The molecule has 0 aromatic heterocycles. The van der Waals surface area contributed by atoms with Crippen molar-refractivity contribution in [3.63, 3.8) is 0 Å². The maximum absolute atomic E-state index is 12.5. The van der Waals surface area contributed by atoms with Gasteiger partial charge < -0.3 is 19.4 Å². The van der Waals surface area contributed by atoms with Gasteiger partial charge in [-0.05, 0) is 38.1 Å². The van der Waals surface area contributed by atoms with Crippen molar-refractivity contribution in [1.29, 1.82) is 0 Å². The van der Waals surface area contributed by atoms with Gasteiger partial charge in [-0.1, -0.05) is 52.9 Å². The Bertz CT molecular complexity index is 553. The molecule has 0 N–H and O–H groups in total. The Morgan fingerprint density at radius 1 is 0.812 bits per heavy atom. The highest BCUT2D eigenvalue weighted by molar-refractivity contribution is 5.78. The molecule has 1 atom stereocenters. The van der Waals surface area contributed by atoms with Crippen LogP contribution >= 0.6 is 0 Å². The molecule has 0 bridgehead atoms. The first-order valence-electron chi connectivity index (χ1n) is 13.2. The van der Waals surface area contributed by atoms with E-state index in [1.807, 2.05) is 9.80 Å². The van der Waals surface area contributed by atoms with E-state index >= 15 is 0 Å². The van der Waals surface area contributed by atoms with Gasteiger partial charge in [0, 0.05) is 58.7 Å². The van der Waals surface area contributed by atoms with Gasteiger partial charge in [-0.25, -0.2) is 0 Å². The third kappa shape index (κ3) is 10.7. The SMILES string of the molecule is CCOC1CCN(CCCCCCCCCC(=O)N2CCN(C(=O)CC(C)(C)C)CC2)C1. The van der Waals surface area contributed by atoms with Crippen LogP contribution in [0.3, 0.4) is 0 Å². The number of hydrogen-bond donors (Lipinski definition) is 0. The first-order valence-corrected chi connectivity index (χ1v) is 13.2. The predicted molar refractivity (Wildman–Crippen MR) is 131 cm³/mol. The molecule has 186 valence electrons. The Morgan fingerprint density at radius 3 is 1.97 bits per heavy atom. The molecule has 2 amide bonds. The molecule has 2 saturated heterocycles. The molecule has 0 saturated carbocycles. The van der Waals surface area contributed by atoms with Gasteiger partial charge >= 0.3 is 0 Å². The van der Waals surface area contributed by atoms with Crippen LogP contribution in [0.25, 0.3) is 0 Å². The number of piperazine rings is 1. The lowest BCUT2D eigenvalue weighted by atomic mass is 9.91. The number of rotatable bonds is 13. The summed E-state index contributed by atoms with van der Waals surface area (Å²) < 4.78 is 5.72. The number of likely N-dealkylation sites (tertiary alicyclic amines) is 1. The zero-order valence-corrected chi connectivity index (χ0v) is 21.4. The molecule has 0 aromatic carbocycles. The van der Waals surface area contributed by atoms with Crippen molar-refractivity contribution in [2.75, 3.05) is 52.4 Å². The van der Waals surface area contributed by atoms with Gasteiger partial charge in [0.2, 0.25) is 11.8 Å². The summed E-state index contributed by atoms with van der Waals surface area (Å²) in [6, 6.07) is 0. The summed E-state index contributed by atoms with van der Waals surface area (Å²) in [5, 5.41) is 0. The molecule has 0 aromatic rings. The van der Waals surface area contributed by atoms with E-state index in [0.717, 1.165) is 26.0 Å². The van der Waals surface area contributed by atoms with Crippen LogP contribution in [0.2, 0.25) is 0 Å². The lowest BCUT2D eigenvalue weighted by molar-refractivity contribution is -0.140. The summed E-state index contributed by atoms with van der Waals surface area (Å²) in [5.41, 5.74) is 0.0191. The van der Waals surface area contributed by atoms with E-state index < -0.39 is 0 Å². The second kappa shape index (κ2) is 14.2. The van der Waals surface area contributed by atoms with E-state index in [0.29, 0.717) is 45.1 Å². The van der Waals surface area contributed by atoms with E-state index in [1.54, 1.807) is 0 Å². The maximum atomic E-state index is 12.5. The van der Waals surface area contributed by atoms with Crippen LogP contribution in [-0.2, 0) is 14.3 Å². The molecular weight excluding hydrogens is 402 g/mol. The number of carbonyl (C=O) groups is 2. The van der Waals surface area contributed by atoms with E-state index in [9.17, 15) is 9.59 Å². The molecule has 2 aliphatic rings. The van der Waals surface area contributed by atoms with Crippen LogP contribution in [-0.4, -0.2) is 85.0 Å². The molecule has 0 radical (unpaired) electrons. The number of carbonyl (C=O) groups excluding carboxylic acids is 2. The van der Waals surface area contributed by atoms with Gasteiger partial charge in [-0.15, -0.1) is 0 Å². The Hall–Kier alpha value is -1.14. The molecule has 32 heavy (non-hydrogen) atoms. The molecule has 0 aliphatic carbocycles. The van der Waals surface area contributed by atoms with Crippen molar-refractivity contribution in [2.45, 2.75) is 98.0 Å². The van der Waals surface area contributed by atoms with Crippen LogP contribution in [0.1, 0.15) is 91.9 Å². The fourth-order valence-corrected chi connectivity index (χ4v) is 4.80. The van der Waals surface area contributed by atoms with E-state index in [-0.39, 0.29) is 17.2 Å². The lowest BCUT2D eigenvalue weighted by Crippen LogP contribution is -2.51. The second-order valence-electron chi connectivity index (χ2n) is 10.9. The minimum Gasteiger partial charge on any atom is -0.377 e. The third-order valence-corrected chi connectivity index (χ3v) is 6.66. The predicted octanol–water partition coefficient (Wildman–Crippen LogP) is 4.33. The van der Waals surface area contributed by atoms with Gasteiger partial charge in [0.25, 0.3) is 0 Å². The smallest absolute Gasteiger partial charge is 0.223 e. The van der Waals surface area contributed by atoms with Crippen LogP contribution < -0.4 is 0 Å². The van der Waals surface area contributed by atoms with E-state index in [1.165, 1.54) is 51.6 Å². The van der Waals surface area contributed by atoms with Crippen molar-refractivity contribution < 1.29 is 14.3 Å². The summed E-state index contributed by atoms with van der Waals surface area (Å²) in [4.78, 5) is 31.3. The van der Waals surface area contributed by atoms with Gasteiger partial charge in [0.1, 0.15) is 0 Å². The van der Waals surface area contributed by atoms with Crippen molar-refractivity contribution >= 4 is 11.8 Å². The number of amides is 2. The van der Waals surface area contributed by atoms with Crippen molar-refractivity contribution in [2.24, 2.45) is 5.41 Å². The number of hydrogen-bond acceptors (Lipinski definition) is 4. The van der Waals surface area contributed by atoms with Crippen LogP contribution in [0, 0.1) is 5.41 Å². The minimum absolute atomic E-state index is 0.0191. The maximum Gasteiger partial charge on any atom is 0.223 e. The highest BCUT2D eigenvalue weighted by Gasteiger charge is 2.26. The van der Waals surface area contributed by atoms with Gasteiger partial charge in [-0.2, -0.15) is 0 Å². The molecule has 2 rings (SSSR count). The number of nitrogens with zero attached hydrogens (tertiary/aromatic N) is 3. The number of unbranched alkanes of at least 4 members (excludes halogenated alkanes) is 6. The average molecular weight is 452 g/mol. The topological polar surface area (TPSA) is 53.1 Å². The Morgan fingerprint density at radius 2 is 1.38 bits per heavy atom. The lowest BCUT2D eigenvalue weighted by Gasteiger charge is -2.36. The van der Waals surface area contributed by atoms with E-state index in [4.69, 9.17) is 4.74 Å². The Balaban J connectivity index is 1.42. The largest absolute Gasteiger partial charge is 0.377 e. The monoisotopic (exact) mass is 451 g/mol. The molecule has 2 aliphatic heterocycles. The Kier molecular flexibility index (Phi) is 12.0. The summed E-state index contributed by atoms with van der Waals surface area (Å²) >= 11 is 0. The van der Waals surface area contributed by atoms with Crippen molar-refractivity contribution in [1.82, 2.24) is 14.7 Å². The van der Waals surface area contributed by atoms with Gasteiger partial charge in [0.05, 0.1) is 6.10 Å². The first kappa shape index (κ1) is 27.1. The third-order valence-electron chi connectivity index (χ3n) is 6.66. The van der Waals surface area contributed by atoms with Crippen LogP contribution in [0.5, 0.6) is 0 Å². The summed E-state index contributed by atoms with van der Waals surface area (Å²) in [6.45, 7) is 15.5. The minimum atomic E-state index is 0.0191. The molecule has 2 heterocycles. The Labute approximate surface area is 197 Å². The highest BCUT2D eigenvalue weighted by Crippen LogP contribution is 2.20. The average Bonchev–Trinajstić information content (AvgIpc) is 3.19. The second-order valence-corrected chi connectivity index (χ2v) is 10.9. The first-order chi connectivity index (χ1) is 15.3. The fourth-order valence-electron chi connectivity index (χ4n) is 4.80. The number of ether oxygens (including phenoxy) is 1. The quantitative estimate of drug-likeness (QED) is 0.391. The molecule has 6 heteroatoms. The van der Waals surface area contributed by atoms with Crippen LogP contribution in [0.4, 0.5) is 0 Å². The normalized spacial score (nSPS) is 20.2. The molecule has 2 fully saturated rings. The van der Waals surface area contributed by atoms with E-state index in [2.05, 4.69) is 32.6 Å². The summed E-state index contributed by atoms with van der Waals surface area (Å²) in [7, 11) is 0. The zero-order valence-electron chi connectivity index (χ0n) is 21.4. The fraction of sp³-hybridized carbons (Fsp3) is 0.923. The van der Waals surface area contributed by atoms with Crippen molar-refractivity contribution in [3.05, 3.63) is 0 Å². The standard InChI is InChI=1S/C26H49N3O3/c1-5-32-23-14-16-27(22-23)15-12-10-8-6-7-9-11-13-24(30)28-17-19-29(20-18-28)25(31)21-26(2,3)4/h23H,5-22H2,1-4H3. The van der Waals surface area contributed by atoms with Gasteiger partial charge in [0.15, 0.2) is 0 Å². The molecule has 6 nitrogen and oxygen atoms in total. The molecular formula is C26H49N3O3. The summed E-state index contributed by atoms with van der Waals surface area (Å²) in [5.74, 6) is 0.489. The molecule has 0 spiro atoms. The van der Waals surface area contributed by atoms with Crippen LogP contribution in [0.15, 0.2) is 0 Å². The summed E-state index contributed by atoms with van der Waals surface area (Å²) in [6.07, 6.45) is 11.5. The molecule has 1 unspecified atom stereocenters. The van der Waals surface area contributed by atoms with Gasteiger partial charge in [-0.3, -0.25) is 9.59 Å². The van der Waals surface area contributed by atoms with Crippen molar-refractivity contribution in [3.8, 4) is 0 Å².